The van der Waals surface area contributed by atoms with Gasteiger partial charge in [0, 0.05) is 0 Å². The number of anilines is 2. The quantitative estimate of drug-likeness (QED) is 0.646. The molecule has 0 aliphatic rings. The fourth-order valence-corrected chi connectivity index (χ4v) is 1.54. The van der Waals surface area contributed by atoms with Crippen molar-refractivity contribution in [3.05, 3.63) is 42.5 Å². The maximum atomic E-state index is 5.81. The van der Waals surface area contributed by atoms with Gasteiger partial charge in [0.05, 0.1) is 23.7 Å². The van der Waals surface area contributed by atoms with Gasteiger partial charge in [-0.25, -0.2) is 0 Å². The van der Waals surface area contributed by atoms with Crippen molar-refractivity contribution in [1.82, 2.24) is 0 Å². The van der Waals surface area contributed by atoms with Crippen molar-refractivity contribution >= 4 is 22.7 Å². The average molecular weight is 256 g/mol. The fraction of sp³-hybridized carbons (Fsp3) is 0.143. The monoisotopic (exact) mass is 256 g/mol. The van der Waals surface area contributed by atoms with E-state index in [1.54, 1.807) is 18.2 Å². The molecule has 0 atom stereocenters. The van der Waals surface area contributed by atoms with Gasteiger partial charge in [-0.05, 0) is 43.3 Å². The largest absolute Gasteiger partial charge is 0.494 e. The van der Waals surface area contributed by atoms with Crippen LogP contribution in [0.2, 0.25) is 0 Å². The summed E-state index contributed by atoms with van der Waals surface area (Å²) in [5.41, 5.74) is 13.7. The number of benzene rings is 2. The number of nitrogens with two attached hydrogens (primary N) is 2. The number of hydrogen-bond acceptors (Lipinski definition) is 5. The summed E-state index contributed by atoms with van der Waals surface area (Å²) in [5.74, 6) is 0.810. The predicted octanol–water partition coefficient (Wildman–Crippen LogP) is 3.67. The van der Waals surface area contributed by atoms with E-state index in [2.05, 4.69) is 10.2 Å². The summed E-state index contributed by atoms with van der Waals surface area (Å²) in [4.78, 5) is 0. The van der Waals surface area contributed by atoms with Crippen molar-refractivity contribution in [3.63, 3.8) is 0 Å². The normalized spacial score (nSPS) is 10.8. The Bertz CT molecular complexity index is 578. The van der Waals surface area contributed by atoms with E-state index in [0.717, 1.165) is 11.4 Å². The van der Waals surface area contributed by atoms with Crippen LogP contribution in [0.25, 0.3) is 0 Å². The van der Waals surface area contributed by atoms with Crippen molar-refractivity contribution in [1.29, 1.82) is 0 Å². The third kappa shape index (κ3) is 3.22. The summed E-state index contributed by atoms with van der Waals surface area (Å²) < 4.78 is 5.35. The smallest absolute Gasteiger partial charge is 0.119 e. The number of nitrogens with zero attached hydrogens (tertiary/aromatic N) is 2. The first-order valence-corrected chi connectivity index (χ1v) is 5.99. The van der Waals surface area contributed by atoms with E-state index >= 15 is 0 Å². The SMILES string of the molecule is CCOc1ccc(N=Nc2cccc(N)c2N)cc1. The molecule has 2 rings (SSSR count). The predicted molar refractivity (Wildman–Crippen MR) is 77.1 cm³/mol. The van der Waals surface area contributed by atoms with E-state index in [4.69, 9.17) is 16.2 Å². The Morgan fingerprint density at radius 1 is 1.00 bits per heavy atom. The Hall–Kier alpha value is -2.56. The lowest BCUT2D eigenvalue weighted by Gasteiger charge is -2.03. The van der Waals surface area contributed by atoms with Crippen LogP contribution in [-0.2, 0) is 0 Å². The summed E-state index contributed by atoms with van der Waals surface area (Å²) in [5, 5.41) is 8.21. The zero-order chi connectivity index (χ0) is 13.7. The summed E-state index contributed by atoms with van der Waals surface area (Å²) in [6, 6.07) is 12.6. The van der Waals surface area contributed by atoms with E-state index < -0.39 is 0 Å². The number of para-hydroxylation sites is 1. The minimum atomic E-state index is 0.442. The minimum Gasteiger partial charge on any atom is -0.494 e. The van der Waals surface area contributed by atoms with E-state index in [-0.39, 0.29) is 0 Å². The van der Waals surface area contributed by atoms with Gasteiger partial charge >= 0.3 is 0 Å². The number of rotatable bonds is 4. The first kappa shape index (κ1) is 12.9. The molecular weight excluding hydrogens is 240 g/mol. The number of hydrogen-bond donors (Lipinski definition) is 2. The molecule has 0 aliphatic carbocycles. The van der Waals surface area contributed by atoms with Gasteiger partial charge in [-0.15, -0.1) is 5.11 Å². The molecular formula is C14H16N4O. The summed E-state index contributed by atoms with van der Waals surface area (Å²) in [7, 11) is 0. The van der Waals surface area contributed by atoms with Gasteiger partial charge < -0.3 is 16.2 Å². The highest BCUT2D eigenvalue weighted by Crippen LogP contribution is 2.29. The first-order valence-electron chi connectivity index (χ1n) is 5.99. The fourth-order valence-electron chi connectivity index (χ4n) is 1.54. The highest BCUT2D eigenvalue weighted by molar-refractivity contribution is 5.76. The molecule has 0 aromatic heterocycles. The standard InChI is InChI=1S/C14H16N4O/c1-2-19-11-8-6-10(7-9-11)17-18-13-5-3-4-12(15)14(13)16/h3-9H,2,15-16H2,1H3. The molecule has 0 bridgehead atoms. The van der Waals surface area contributed by atoms with E-state index in [0.29, 0.717) is 23.7 Å². The summed E-state index contributed by atoms with van der Waals surface area (Å²) >= 11 is 0. The molecule has 0 saturated carbocycles. The van der Waals surface area contributed by atoms with Crippen molar-refractivity contribution in [2.24, 2.45) is 10.2 Å². The zero-order valence-corrected chi connectivity index (χ0v) is 10.7. The molecule has 0 radical (unpaired) electrons. The van der Waals surface area contributed by atoms with Gasteiger partial charge in [0.1, 0.15) is 11.4 Å². The first-order chi connectivity index (χ1) is 9.20. The lowest BCUT2D eigenvalue weighted by atomic mass is 10.2. The number of ether oxygens (including phenoxy) is 1. The van der Waals surface area contributed by atoms with Crippen LogP contribution in [0.15, 0.2) is 52.7 Å². The Balaban J connectivity index is 2.16. The third-order valence-electron chi connectivity index (χ3n) is 2.54. The van der Waals surface area contributed by atoms with Crippen LogP contribution in [0.4, 0.5) is 22.7 Å². The molecule has 5 heteroatoms. The molecule has 0 fully saturated rings. The molecule has 5 nitrogen and oxygen atoms in total. The van der Waals surface area contributed by atoms with Crippen LogP contribution < -0.4 is 16.2 Å². The summed E-state index contributed by atoms with van der Waals surface area (Å²) in [6.45, 7) is 2.58. The van der Waals surface area contributed by atoms with Crippen LogP contribution in [0.3, 0.4) is 0 Å². The highest BCUT2D eigenvalue weighted by atomic mass is 16.5. The van der Waals surface area contributed by atoms with Gasteiger partial charge in [-0.2, -0.15) is 5.11 Å². The molecule has 19 heavy (non-hydrogen) atoms. The van der Waals surface area contributed by atoms with Crippen LogP contribution in [-0.4, -0.2) is 6.61 Å². The molecule has 0 amide bonds. The lowest BCUT2D eigenvalue weighted by Crippen LogP contribution is -1.93. The zero-order valence-electron chi connectivity index (χ0n) is 10.7. The molecule has 0 aliphatic heterocycles. The van der Waals surface area contributed by atoms with E-state index in [1.807, 2.05) is 31.2 Å². The second-order valence-corrected chi connectivity index (χ2v) is 3.91. The second-order valence-electron chi connectivity index (χ2n) is 3.91. The third-order valence-corrected chi connectivity index (χ3v) is 2.54. The molecule has 2 aromatic carbocycles. The van der Waals surface area contributed by atoms with Crippen LogP contribution in [0, 0.1) is 0 Å². The van der Waals surface area contributed by atoms with Crippen molar-refractivity contribution in [2.75, 3.05) is 18.1 Å². The highest BCUT2D eigenvalue weighted by Gasteiger charge is 2.00. The van der Waals surface area contributed by atoms with Gasteiger partial charge in [0.25, 0.3) is 0 Å². The van der Waals surface area contributed by atoms with E-state index in [1.165, 1.54) is 0 Å². The van der Waals surface area contributed by atoms with Crippen LogP contribution in [0.5, 0.6) is 5.75 Å². The molecule has 98 valence electrons. The van der Waals surface area contributed by atoms with Gasteiger partial charge in [-0.1, -0.05) is 6.07 Å². The Morgan fingerprint density at radius 2 is 1.74 bits per heavy atom. The van der Waals surface area contributed by atoms with Crippen molar-refractivity contribution in [3.8, 4) is 5.75 Å². The van der Waals surface area contributed by atoms with Crippen LogP contribution in [0.1, 0.15) is 6.92 Å². The average Bonchev–Trinajstić information content (AvgIpc) is 2.42. The maximum Gasteiger partial charge on any atom is 0.119 e. The molecule has 0 saturated heterocycles. The van der Waals surface area contributed by atoms with Crippen molar-refractivity contribution < 1.29 is 4.74 Å². The molecule has 2 aromatic rings. The van der Waals surface area contributed by atoms with E-state index in [9.17, 15) is 0 Å². The van der Waals surface area contributed by atoms with Crippen LogP contribution >= 0.6 is 0 Å². The number of azo groups is 1. The van der Waals surface area contributed by atoms with Crippen molar-refractivity contribution in [2.45, 2.75) is 6.92 Å². The molecule has 0 heterocycles. The molecule has 4 N–H and O–H groups in total. The Labute approximate surface area is 111 Å². The van der Waals surface area contributed by atoms with Gasteiger partial charge in [-0.3, -0.25) is 0 Å². The summed E-state index contributed by atoms with van der Waals surface area (Å²) in [6.07, 6.45) is 0. The molecule has 0 spiro atoms. The molecule has 0 unspecified atom stereocenters. The Kier molecular flexibility index (Phi) is 3.97. The second kappa shape index (κ2) is 5.86. The lowest BCUT2D eigenvalue weighted by molar-refractivity contribution is 0.340. The maximum absolute atomic E-state index is 5.81. The van der Waals surface area contributed by atoms with Gasteiger partial charge in [0.15, 0.2) is 0 Å². The minimum absolute atomic E-state index is 0.442. The van der Waals surface area contributed by atoms with Gasteiger partial charge in [0.2, 0.25) is 0 Å². The topological polar surface area (TPSA) is 86.0 Å². The number of nitrogen functional groups attached to an aromatic ring is 2. The Morgan fingerprint density at radius 3 is 2.42 bits per heavy atom.